The number of ether oxygens (including phenoxy) is 1. The van der Waals surface area contributed by atoms with Gasteiger partial charge in [0.1, 0.15) is 0 Å². The largest absolute Gasteiger partial charge is 0.466 e. The van der Waals surface area contributed by atoms with Crippen LogP contribution >= 0.6 is 0 Å². The monoisotopic (exact) mass is 956 g/mol. The van der Waals surface area contributed by atoms with Gasteiger partial charge in [-0.05, 0) is 83.5 Å². The van der Waals surface area contributed by atoms with Gasteiger partial charge in [0.05, 0.1) is 25.4 Å². The predicted octanol–water partition coefficient (Wildman–Crippen LogP) is 18.8. The summed E-state index contributed by atoms with van der Waals surface area (Å²) in [6, 6.07) is -0.649. The number of carbonyl (C=O) groups excluding carboxylic acids is 2. The van der Waals surface area contributed by atoms with Crippen molar-refractivity contribution in [3.05, 3.63) is 36.5 Å². The Balaban J connectivity index is 3.51. The third-order valence-corrected chi connectivity index (χ3v) is 13.9. The molecule has 0 aliphatic carbocycles. The lowest BCUT2D eigenvalue weighted by Crippen LogP contribution is -2.45. The van der Waals surface area contributed by atoms with Gasteiger partial charge in [-0.3, -0.25) is 9.59 Å². The van der Waals surface area contributed by atoms with E-state index in [1.165, 1.54) is 225 Å². The molecule has 0 spiro atoms. The summed E-state index contributed by atoms with van der Waals surface area (Å²) in [5, 5.41) is 23.1. The van der Waals surface area contributed by atoms with Crippen molar-refractivity contribution in [3.8, 4) is 0 Å². The zero-order chi connectivity index (χ0) is 49.3. The quantitative estimate of drug-likeness (QED) is 0.0321. The molecule has 6 heteroatoms. The van der Waals surface area contributed by atoms with Crippen LogP contribution in [0.15, 0.2) is 36.5 Å². The number of amides is 1. The molecule has 0 fully saturated rings. The van der Waals surface area contributed by atoms with Crippen LogP contribution < -0.4 is 5.32 Å². The average Bonchev–Trinajstić information content (AvgIpc) is 3.34. The molecular weight excluding hydrogens is 839 g/mol. The van der Waals surface area contributed by atoms with Gasteiger partial charge in [0, 0.05) is 12.8 Å². The average molecular weight is 957 g/mol. The summed E-state index contributed by atoms with van der Waals surface area (Å²) in [4.78, 5) is 24.6. The van der Waals surface area contributed by atoms with Gasteiger partial charge in [0.2, 0.25) is 5.91 Å². The topological polar surface area (TPSA) is 95.9 Å². The standard InChI is InChI=1S/C62H117NO5/c1-3-5-7-9-11-13-15-17-19-21-23-24-25-27-30-34-38-42-46-50-54-60(65)59(58-64)63-61(66)55-51-47-43-39-35-31-29-33-37-41-45-49-53-57-68-62(67)56-52-48-44-40-36-32-28-26-22-20-18-16-14-12-10-8-6-4-2/h20,22,31,35,50,54,59-60,64-65H,3-19,21,23-30,32-34,36-49,51-53,55-58H2,1-2H3,(H,63,66)/b22-20-,35-31-,54-50+. The molecule has 3 N–H and O–H groups in total. The molecule has 0 saturated carbocycles. The summed E-state index contributed by atoms with van der Waals surface area (Å²) in [7, 11) is 0. The predicted molar refractivity (Wildman–Crippen MR) is 296 cm³/mol. The summed E-state index contributed by atoms with van der Waals surface area (Å²) in [5.41, 5.74) is 0. The third kappa shape index (κ3) is 53.4. The van der Waals surface area contributed by atoms with E-state index in [9.17, 15) is 19.8 Å². The van der Waals surface area contributed by atoms with Gasteiger partial charge in [0.15, 0.2) is 0 Å². The molecule has 400 valence electrons. The Morgan fingerprint density at radius 3 is 1.06 bits per heavy atom. The molecule has 6 nitrogen and oxygen atoms in total. The van der Waals surface area contributed by atoms with E-state index in [0.29, 0.717) is 19.4 Å². The molecule has 0 aliphatic rings. The van der Waals surface area contributed by atoms with Crippen LogP contribution in [0.1, 0.15) is 322 Å². The van der Waals surface area contributed by atoms with E-state index in [0.717, 1.165) is 70.6 Å². The van der Waals surface area contributed by atoms with Crippen molar-refractivity contribution in [1.29, 1.82) is 0 Å². The lowest BCUT2D eigenvalue weighted by molar-refractivity contribution is -0.143. The number of aliphatic hydroxyl groups excluding tert-OH is 2. The molecule has 0 aromatic carbocycles. The Hall–Kier alpha value is -1.92. The summed E-state index contributed by atoms with van der Waals surface area (Å²) in [6.07, 6.45) is 71.7. The normalized spacial score (nSPS) is 12.8. The van der Waals surface area contributed by atoms with Gasteiger partial charge >= 0.3 is 5.97 Å². The summed E-state index contributed by atoms with van der Waals surface area (Å²) >= 11 is 0. The maximum Gasteiger partial charge on any atom is 0.305 e. The molecule has 0 heterocycles. The van der Waals surface area contributed by atoms with Crippen LogP contribution in [0, 0.1) is 0 Å². The number of hydrogen-bond donors (Lipinski definition) is 3. The minimum absolute atomic E-state index is 0.0167. The molecule has 0 aliphatic heterocycles. The first kappa shape index (κ1) is 66.1. The highest BCUT2D eigenvalue weighted by Gasteiger charge is 2.18. The molecule has 0 aromatic rings. The van der Waals surface area contributed by atoms with E-state index in [2.05, 4.69) is 43.5 Å². The second-order valence-corrected chi connectivity index (χ2v) is 20.7. The smallest absolute Gasteiger partial charge is 0.305 e. The third-order valence-electron chi connectivity index (χ3n) is 13.9. The van der Waals surface area contributed by atoms with Gasteiger partial charge in [0.25, 0.3) is 0 Å². The number of esters is 1. The fourth-order valence-electron chi connectivity index (χ4n) is 9.21. The number of unbranched alkanes of at least 4 members (excludes halogenated alkanes) is 41. The van der Waals surface area contributed by atoms with Gasteiger partial charge in [-0.1, -0.05) is 262 Å². The second kappa shape index (κ2) is 57.7. The van der Waals surface area contributed by atoms with Crippen LogP contribution in [0.25, 0.3) is 0 Å². The molecule has 2 atom stereocenters. The number of hydrogen-bond acceptors (Lipinski definition) is 5. The molecule has 1 amide bonds. The van der Waals surface area contributed by atoms with Gasteiger partial charge in [-0.25, -0.2) is 0 Å². The van der Waals surface area contributed by atoms with Crippen molar-refractivity contribution in [2.75, 3.05) is 13.2 Å². The summed E-state index contributed by atoms with van der Waals surface area (Å²) in [5.74, 6) is -0.113. The fourth-order valence-corrected chi connectivity index (χ4v) is 9.21. The van der Waals surface area contributed by atoms with Gasteiger partial charge in [-0.2, -0.15) is 0 Å². The highest BCUT2D eigenvalue weighted by atomic mass is 16.5. The molecule has 0 radical (unpaired) electrons. The van der Waals surface area contributed by atoms with Crippen molar-refractivity contribution >= 4 is 11.9 Å². The Labute approximate surface area is 424 Å². The number of aliphatic hydroxyl groups is 2. The lowest BCUT2D eigenvalue weighted by atomic mass is 10.0. The molecule has 0 bridgehead atoms. The van der Waals surface area contributed by atoms with Crippen LogP contribution in [-0.2, 0) is 14.3 Å². The Morgan fingerprint density at radius 1 is 0.397 bits per heavy atom. The van der Waals surface area contributed by atoms with E-state index < -0.39 is 12.1 Å². The number of nitrogens with one attached hydrogen (secondary N) is 1. The number of carbonyl (C=O) groups is 2. The van der Waals surface area contributed by atoms with Crippen molar-refractivity contribution in [2.24, 2.45) is 0 Å². The number of allylic oxidation sites excluding steroid dienone is 5. The van der Waals surface area contributed by atoms with Crippen molar-refractivity contribution in [2.45, 2.75) is 334 Å². The SMILES string of the molecule is CCCCCCCCC/C=C\CCCCCCCCCC(=O)OCCCCCCCC/C=C\CCCCCC(=O)NC(CO)C(O)/C=C/CCCCCCCCCCCCCCCCCCCC. The van der Waals surface area contributed by atoms with Gasteiger partial charge < -0.3 is 20.3 Å². The molecule has 0 saturated heterocycles. The maximum absolute atomic E-state index is 12.5. The molecule has 0 rings (SSSR count). The Bertz CT molecular complexity index is 1100. The van der Waals surface area contributed by atoms with E-state index in [1.807, 2.05) is 6.08 Å². The van der Waals surface area contributed by atoms with Crippen LogP contribution in [0.2, 0.25) is 0 Å². The van der Waals surface area contributed by atoms with Crippen LogP contribution in [0.3, 0.4) is 0 Å². The van der Waals surface area contributed by atoms with E-state index in [1.54, 1.807) is 6.08 Å². The van der Waals surface area contributed by atoms with E-state index in [4.69, 9.17) is 4.74 Å². The van der Waals surface area contributed by atoms with Gasteiger partial charge in [-0.15, -0.1) is 0 Å². The molecule has 2 unspecified atom stereocenters. The van der Waals surface area contributed by atoms with Crippen molar-refractivity contribution in [3.63, 3.8) is 0 Å². The molecular formula is C62H117NO5. The first-order valence-electron chi connectivity index (χ1n) is 30.3. The Kier molecular flexibility index (Phi) is 56.0. The minimum atomic E-state index is -0.863. The zero-order valence-electron chi connectivity index (χ0n) is 45.6. The lowest BCUT2D eigenvalue weighted by Gasteiger charge is -2.19. The molecule has 0 aromatic heterocycles. The van der Waals surface area contributed by atoms with Crippen LogP contribution in [0.4, 0.5) is 0 Å². The number of rotatable bonds is 56. The van der Waals surface area contributed by atoms with Crippen molar-refractivity contribution < 1.29 is 24.5 Å². The first-order chi connectivity index (χ1) is 33.5. The fraction of sp³-hybridized carbons (Fsp3) is 0.871. The van der Waals surface area contributed by atoms with E-state index in [-0.39, 0.29) is 18.5 Å². The minimum Gasteiger partial charge on any atom is -0.466 e. The van der Waals surface area contributed by atoms with Crippen molar-refractivity contribution in [1.82, 2.24) is 5.32 Å². The summed E-state index contributed by atoms with van der Waals surface area (Å²) in [6.45, 7) is 4.87. The van der Waals surface area contributed by atoms with Crippen LogP contribution in [-0.4, -0.2) is 47.4 Å². The zero-order valence-corrected chi connectivity index (χ0v) is 45.6. The molecule has 68 heavy (non-hydrogen) atoms. The van der Waals surface area contributed by atoms with Crippen LogP contribution in [0.5, 0.6) is 0 Å². The highest BCUT2D eigenvalue weighted by molar-refractivity contribution is 5.76. The first-order valence-corrected chi connectivity index (χ1v) is 30.3. The second-order valence-electron chi connectivity index (χ2n) is 20.7. The summed E-state index contributed by atoms with van der Waals surface area (Å²) < 4.78 is 5.47. The van der Waals surface area contributed by atoms with E-state index >= 15 is 0 Å². The highest BCUT2D eigenvalue weighted by Crippen LogP contribution is 2.17. The maximum atomic E-state index is 12.5. The Morgan fingerprint density at radius 2 is 0.691 bits per heavy atom.